The molecule has 0 aliphatic heterocycles. The van der Waals surface area contributed by atoms with Crippen molar-refractivity contribution >= 4 is 32.7 Å². The molecule has 0 amide bonds. The standard InChI is InChI=1S/C18H14BrF3N8/c1-10(14-17(24-4-3-23-14)30-27-5-6-28-30)29(2)16-12-7-11(19)8-13(18(20,21)22)15(12)25-9-26-16/h3-10H,1-2H3. The van der Waals surface area contributed by atoms with E-state index in [9.17, 15) is 13.2 Å². The zero-order chi connectivity index (χ0) is 21.5. The topological polar surface area (TPSA) is 85.5 Å². The molecule has 3 heterocycles. The molecule has 4 aromatic rings. The maximum Gasteiger partial charge on any atom is 0.418 e. The molecule has 154 valence electrons. The smallest absolute Gasteiger partial charge is 0.351 e. The Morgan fingerprint density at radius 2 is 1.70 bits per heavy atom. The number of benzene rings is 1. The number of hydrogen-bond acceptors (Lipinski definition) is 7. The van der Waals surface area contributed by atoms with Gasteiger partial charge in [-0.1, -0.05) is 15.9 Å². The zero-order valence-electron chi connectivity index (χ0n) is 15.7. The Balaban J connectivity index is 1.84. The van der Waals surface area contributed by atoms with Crippen LogP contribution in [-0.2, 0) is 6.18 Å². The third kappa shape index (κ3) is 3.58. The van der Waals surface area contributed by atoms with Gasteiger partial charge in [-0.25, -0.2) is 15.0 Å². The van der Waals surface area contributed by atoms with Gasteiger partial charge in [-0.3, -0.25) is 4.98 Å². The monoisotopic (exact) mass is 478 g/mol. The minimum atomic E-state index is -4.55. The maximum absolute atomic E-state index is 13.5. The van der Waals surface area contributed by atoms with E-state index in [1.807, 2.05) is 6.92 Å². The number of anilines is 1. The Morgan fingerprint density at radius 1 is 1.00 bits per heavy atom. The van der Waals surface area contributed by atoms with E-state index in [1.165, 1.54) is 29.6 Å². The Kier molecular flexibility index (Phi) is 5.10. The fourth-order valence-corrected chi connectivity index (χ4v) is 3.56. The summed E-state index contributed by atoms with van der Waals surface area (Å²) in [6, 6.07) is 2.16. The van der Waals surface area contributed by atoms with Crippen LogP contribution in [0.4, 0.5) is 19.0 Å². The third-order valence-corrected chi connectivity index (χ3v) is 5.07. The molecule has 3 aromatic heterocycles. The molecule has 1 atom stereocenters. The Labute approximate surface area is 176 Å². The van der Waals surface area contributed by atoms with Gasteiger partial charge in [0.2, 0.25) is 0 Å². The molecule has 0 aliphatic rings. The normalized spacial score (nSPS) is 12.9. The van der Waals surface area contributed by atoms with Crippen molar-refractivity contribution in [3.8, 4) is 5.82 Å². The fourth-order valence-electron chi connectivity index (χ4n) is 3.10. The summed E-state index contributed by atoms with van der Waals surface area (Å²) in [5, 5.41) is 8.44. The van der Waals surface area contributed by atoms with Crippen LogP contribution in [0, 0.1) is 0 Å². The van der Waals surface area contributed by atoms with Crippen molar-refractivity contribution in [2.45, 2.75) is 19.1 Å². The van der Waals surface area contributed by atoms with Crippen LogP contribution >= 0.6 is 15.9 Å². The molecule has 12 heteroatoms. The number of rotatable bonds is 4. The van der Waals surface area contributed by atoms with E-state index in [2.05, 4.69) is 46.1 Å². The summed E-state index contributed by atoms with van der Waals surface area (Å²) >= 11 is 3.16. The van der Waals surface area contributed by atoms with Gasteiger partial charge in [0.25, 0.3) is 0 Å². The Hall–Kier alpha value is -3.15. The first-order valence-corrected chi connectivity index (χ1v) is 9.48. The first-order valence-electron chi connectivity index (χ1n) is 8.69. The molecule has 1 unspecified atom stereocenters. The van der Waals surface area contributed by atoms with Gasteiger partial charge >= 0.3 is 6.18 Å². The van der Waals surface area contributed by atoms with Crippen LogP contribution in [0.3, 0.4) is 0 Å². The molecule has 0 N–H and O–H groups in total. The molecule has 0 radical (unpaired) electrons. The van der Waals surface area contributed by atoms with E-state index in [1.54, 1.807) is 18.0 Å². The SMILES string of the molecule is CC(c1nccnc1-n1nccn1)N(C)c1ncnc2c(C(F)(F)F)cc(Br)cc12. The second kappa shape index (κ2) is 7.59. The van der Waals surface area contributed by atoms with Crippen LogP contribution in [0.25, 0.3) is 16.7 Å². The fraction of sp³-hybridized carbons (Fsp3) is 0.222. The van der Waals surface area contributed by atoms with Crippen molar-refractivity contribution in [2.24, 2.45) is 0 Å². The first-order chi connectivity index (χ1) is 14.3. The van der Waals surface area contributed by atoms with Crippen molar-refractivity contribution in [3.05, 3.63) is 59.0 Å². The molecule has 0 spiro atoms. The van der Waals surface area contributed by atoms with E-state index in [4.69, 9.17) is 0 Å². The highest BCUT2D eigenvalue weighted by molar-refractivity contribution is 9.10. The van der Waals surface area contributed by atoms with E-state index in [0.717, 1.165) is 12.4 Å². The Morgan fingerprint density at radius 3 is 2.40 bits per heavy atom. The molecule has 4 rings (SSSR count). The predicted octanol–water partition coefficient (Wildman–Crippen LogP) is 3.98. The zero-order valence-corrected chi connectivity index (χ0v) is 17.3. The lowest BCUT2D eigenvalue weighted by Crippen LogP contribution is -2.26. The molecule has 8 nitrogen and oxygen atoms in total. The lowest BCUT2D eigenvalue weighted by molar-refractivity contribution is -0.136. The van der Waals surface area contributed by atoms with Gasteiger partial charge in [0.15, 0.2) is 5.82 Å². The molecule has 0 aliphatic carbocycles. The summed E-state index contributed by atoms with van der Waals surface area (Å²) < 4.78 is 40.9. The lowest BCUT2D eigenvalue weighted by Gasteiger charge is -2.27. The number of aromatic nitrogens is 7. The molecule has 1 aromatic carbocycles. The quantitative estimate of drug-likeness (QED) is 0.438. The van der Waals surface area contributed by atoms with Crippen LogP contribution in [0.1, 0.15) is 24.2 Å². The van der Waals surface area contributed by atoms with Crippen molar-refractivity contribution in [1.29, 1.82) is 0 Å². The van der Waals surface area contributed by atoms with E-state index in [0.29, 0.717) is 17.3 Å². The first kappa shape index (κ1) is 20.1. The minimum Gasteiger partial charge on any atom is -0.351 e. The second-order valence-corrected chi connectivity index (χ2v) is 7.33. The second-order valence-electron chi connectivity index (χ2n) is 6.42. The summed E-state index contributed by atoms with van der Waals surface area (Å²) in [6.45, 7) is 1.84. The van der Waals surface area contributed by atoms with Crippen molar-refractivity contribution in [1.82, 2.24) is 34.9 Å². The minimum absolute atomic E-state index is 0.178. The molecule has 0 saturated carbocycles. The summed E-state index contributed by atoms with van der Waals surface area (Å²) in [5.41, 5.74) is -0.477. The predicted molar refractivity (Wildman–Crippen MR) is 106 cm³/mol. The van der Waals surface area contributed by atoms with Gasteiger partial charge in [0, 0.05) is 29.3 Å². The largest absolute Gasteiger partial charge is 0.418 e. The molecule has 30 heavy (non-hydrogen) atoms. The van der Waals surface area contributed by atoms with Crippen LogP contribution in [0.5, 0.6) is 0 Å². The maximum atomic E-state index is 13.5. The number of halogens is 4. The highest BCUT2D eigenvalue weighted by atomic mass is 79.9. The van der Waals surface area contributed by atoms with Gasteiger partial charge < -0.3 is 4.90 Å². The third-order valence-electron chi connectivity index (χ3n) is 4.61. The molecular weight excluding hydrogens is 465 g/mol. The van der Waals surface area contributed by atoms with E-state index < -0.39 is 17.8 Å². The van der Waals surface area contributed by atoms with Crippen molar-refractivity contribution < 1.29 is 13.2 Å². The number of hydrogen-bond donors (Lipinski definition) is 0. The van der Waals surface area contributed by atoms with E-state index >= 15 is 0 Å². The number of nitrogens with zero attached hydrogens (tertiary/aromatic N) is 8. The number of alkyl halides is 3. The van der Waals surface area contributed by atoms with Gasteiger partial charge in [0.05, 0.1) is 29.5 Å². The summed E-state index contributed by atoms with van der Waals surface area (Å²) in [4.78, 5) is 19.9. The highest BCUT2D eigenvalue weighted by Crippen LogP contribution is 2.39. The average Bonchev–Trinajstić information content (AvgIpc) is 3.26. The lowest BCUT2D eigenvalue weighted by atomic mass is 10.1. The summed E-state index contributed by atoms with van der Waals surface area (Å²) in [6.07, 6.45) is 2.64. The molecule has 0 saturated heterocycles. The van der Waals surface area contributed by atoms with Crippen LogP contribution in [0.2, 0.25) is 0 Å². The highest BCUT2D eigenvalue weighted by Gasteiger charge is 2.34. The average molecular weight is 479 g/mol. The number of fused-ring (bicyclic) bond motifs is 1. The van der Waals surface area contributed by atoms with Crippen molar-refractivity contribution in [3.63, 3.8) is 0 Å². The van der Waals surface area contributed by atoms with Gasteiger partial charge in [0.1, 0.15) is 17.8 Å². The molecule has 0 bridgehead atoms. The van der Waals surface area contributed by atoms with Gasteiger partial charge in [-0.05, 0) is 19.1 Å². The van der Waals surface area contributed by atoms with Crippen molar-refractivity contribution in [2.75, 3.05) is 11.9 Å². The Bertz CT molecular complexity index is 1200. The van der Waals surface area contributed by atoms with Crippen LogP contribution < -0.4 is 4.90 Å². The van der Waals surface area contributed by atoms with Crippen LogP contribution in [0.15, 0.2) is 47.7 Å². The summed E-state index contributed by atoms with van der Waals surface area (Å²) in [5.74, 6) is 0.738. The molecular formula is C18H14BrF3N8. The van der Waals surface area contributed by atoms with Crippen LogP contribution in [-0.4, -0.2) is 42.0 Å². The van der Waals surface area contributed by atoms with E-state index in [-0.39, 0.29) is 15.4 Å². The van der Waals surface area contributed by atoms with Gasteiger partial charge in [-0.2, -0.15) is 23.4 Å². The molecule has 0 fully saturated rings. The summed E-state index contributed by atoms with van der Waals surface area (Å²) in [7, 11) is 1.72. The van der Waals surface area contributed by atoms with Gasteiger partial charge in [-0.15, -0.1) is 4.80 Å².